The smallest absolute Gasteiger partial charge is 0.463 e. The quantitative estimate of drug-likeness (QED) is 0.0238. The summed E-state index contributed by atoms with van der Waals surface area (Å²) in [6, 6.07) is 0. The van der Waals surface area contributed by atoms with Crippen LogP contribution < -0.4 is 5.32 Å². The third-order valence-corrected chi connectivity index (χ3v) is 12.6. The molecule has 0 saturated carbocycles. The van der Waals surface area contributed by atoms with Gasteiger partial charge in [0.15, 0.2) is 0 Å². The van der Waals surface area contributed by atoms with E-state index in [1.807, 2.05) is 0 Å². The highest BCUT2D eigenvalue weighted by Gasteiger charge is 2.23. The Bertz CT molecular complexity index is 1320. The molecule has 0 rings (SSSR count). The Kier molecular flexibility index (Phi) is 50.8. The van der Waals surface area contributed by atoms with Crippen molar-refractivity contribution < 1.29 is 37.9 Å². The fourth-order valence-electron chi connectivity index (χ4n) is 7.56. The number of ether oxygens (including phenoxy) is 1. The lowest BCUT2D eigenvalue weighted by molar-refractivity contribution is -0.147. The molecule has 0 aromatic rings. The molecule has 0 spiro atoms. The number of allylic oxidation sites excluding steroid dienone is 12. The molecule has 67 heavy (non-hydrogen) atoms. The van der Waals surface area contributed by atoms with E-state index in [0.717, 1.165) is 89.9 Å². The molecule has 2 unspecified atom stereocenters. The summed E-state index contributed by atoms with van der Waals surface area (Å²) >= 11 is 0. The summed E-state index contributed by atoms with van der Waals surface area (Å²) in [4.78, 5) is 34.1. The fourth-order valence-corrected chi connectivity index (χ4v) is 8.32. The van der Waals surface area contributed by atoms with Crippen molar-refractivity contribution in [1.29, 1.82) is 0 Å². The third-order valence-electron chi connectivity index (χ3n) is 11.7. The highest BCUT2D eigenvalue weighted by atomic mass is 31.2. The zero-order valence-corrected chi connectivity index (χ0v) is 44.0. The van der Waals surface area contributed by atoms with Gasteiger partial charge in [0.2, 0.25) is 5.91 Å². The number of amides is 1. The van der Waals surface area contributed by atoms with Gasteiger partial charge in [0.25, 0.3) is 0 Å². The first-order chi connectivity index (χ1) is 32.8. The van der Waals surface area contributed by atoms with E-state index in [-0.39, 0.29) is 32.1 Å². The van der Waals surface area contributed by atoms with E-state index < -0.39 is 26.5 Å². The van der Waals surface area contributed by atoms with Gasteiger partial charge in [0, 0.05) is 19.4 Å². The van der Waals surface area contributed by atoms with Crippen molar-refractivity contribution in [3.8, 4) is 0 Å². The molecule has 0 aliphatic heterocycles. The molecule has 0 aromatic carbocycles. The molecule has 0 heterocycles. The van der Waals surface area contributed by atoms with Gasteiger partial charge >= 0.3 is 13.8 Å². The lowest BCUT2D eigenvalue weighted by Gasteiger charge is -2.15. The minimum absolute atomic E-state index is 0.0647. The number of carbonyl (C=O) groups is 2. The van der Waals surface area contributed by atoms with Crippen molar-refractivity contribution in [3.63, 3.8) is 0 Å². The minimum atomic E-state index is -4.44. The lowest BCUT2D eigenvalue weighted by atomic mass is 10.0. The average Bonchev–Trinajstić information content (AvgIpc) is 3.32. The van der Waals surface area contributed by atoms with Gasteiger partial charge in [-0.15, -0.1) is 0 Å². The maximum absolute atomic E-state index is 12.2. The van der Waals surface area contributed by atoms with Crippen LogP contribution in [0.5, 0.6) is 0 Å². The van der Waals surface area contributed by atoms with Gasteiger partial charge in [-0.05, 0) is 64.2 Å². The SMILES string of the molecule is CC/C=C\C/C=C\C/C=C\C/C=C\C/C=C\C/C=C\CCCCCCC(=O)NCCOP(=O)(O)OCC(O)COC(=O)CCCCCCCCCCCCCCCCCCCCCCCCC. The van der Waals surface area contributed by atoms with Crippen LogP contribution in [0, 0.1) is 0 Å². The summed E-state index contributed by atoms with van der Waals surface area (Å²) in [6.45, 7) is 3.44. The molecule has 388 valence electrons. The minimum Gasteiger partial charge on any atom is -0.463 e. The van der Waals surface area contributed by atoms with Crippen molar-refractivity contribution in [2.75, 3.05) is 26.4 Å². The van der Waals surface area contributed by atoms with Crippen LogP contribution in [0.1, 0.15) is 245 Å². The van der Waals surface area contributed by atoms with Crippen molar-refractivity contribution >= 4 is 19.7 Å². The maximum Gasteiger partial charge on any atom is 0.472 e. The highest BCUT2D eigenvalue weighted by Crippen LogP contribution is 2.42. The Balaban J connectivity index is 3.59. The van der Waals surface area contributed by atoms with E-state index in [0.29, 0.717) is 6.42 Å². The van der Waals surface area contributed by atoms with Gasteiger partial charge in [-0.2, -0.15) is 0 Å². The Hall–Kier alpha value is -2.55. The predicted octanol–water partition coefficient (Wildman–Crippen LogP) is 16.6. The molecule has 3 N–H and O–H groups in total. The van der Waals surface area contributed by atoms with Crippen molar-refractivity contribution in [3.05, 3.63) is 72.9 Å². The van der Waals surface area contributed by atoms with Gasteiger partial charge in [-0.25, -0.2) is 4.57 Å². The number of phosphoric ester groups is 1. The third kappa shape index (κ3) is 54.3. The van der Waals surface area contributed by atoms with Crippen LogP contribution in [0.15, 0.2) is 72.9 Å². The van der Waals surface area contributed by atoms with Crippen LogP contribution in [-0.4, -0.2) is 54.3 Å². The number of rotatable bonds is 51. The molecule has 10 heteroatoms. The van der Waals surface area contributed by atoms with E-state index in [2.05, 4.69) is 92.1 Å². The molecule has 0 aliphatic carbocycles. The molecule has 0 radical (unpaired) electrons. The zero-order valence-electron chi connectivity index (χ0n) is 43.1. The second-order valence-corrected chi connectivity index (χ2v) is 19.6. The molecule has 0 saturated heterocycles. The normalized spacial score (nSPS) is 13.7. The second kappa shape index (κ2) is 52.8. The van der Waals surface area contributed by atoms with Crippen LogP contribution in [0.4, 0.5) is 0 Å². The standard InChI is InChI=1S/C57H102NO8P/c1-3-5-7-9-11-13-15-17-19-21-23-25-27-29-31-33-35-37-39-41-43-45-47-49-56(60)58-51-52-65-67(62,63)66-54-55(59)53-64-57(61)50-48-46-44-42-40-38-36-34-32-30-28-26-24-22-20-18-16-14-12-10-8-6-4-2/h5,7,11,13,17,19,23,25,29,31,35,37,55,59H,3-4,6,8-10,12,14-16,18,20-22,24,26-28,30,32-34,36,38-54H2,1-2H3,(H,58,60)(H,62,63)/b7-5-,13-11-,19-17-,25-23-,31-29-,37-35-. The van der Waals surface area contributed by atoms with E-state index in [1.54, 1.807) is 0 Å². The molecular formula is C57H102NO8P. The van der Waals surface area contributed by atoms with E-state index in [1.165, 1.54) is 128 Å². The second-order valence-electron chi connectivity index (χ2n) is 18.2. The van der Waals surface area contributed by atoms with Crippen molar-refractivity contribution in [2.24, 2.45) is 0 Å². The van der Waals surface area contributed by atoms with Crippen LogP contribution >= 0.6 is 7.82 Å². The highest BCUT2D eigenvalue weighted by molar-refractivity contribution is 7.47. The molecule has 0 bridgehead atoms. The number of aliphatic hydroxyl groups excluding tert-OH is 1. The van der Waals surface area contributed by atoms with Crippen LogP contribution in [-0.2, 0) is 27.9 Å². The molecule has 9 nitrogen and oxygen atoms in total. The number of carbonyl (C=O) groups excluding carboxylic acids is 2. The summed E-state index contributed by atoms with van der Waals surface area (Å²) in [5, 5.41) is 12.8. The number of unbranched alkanes of at least 4 members (excludes halogenated alkanes) is 26. The summed E-state index contributed by atoms with van der Waals surface area (Å²) in [7, 11) is -4.44. The number of phosphoric acid groups is 1. The first kappa shape index (κ1) is 64.5. The molecule has 0 aliphatic rings. The topological polar surface area (TPSA) is 131 Å². The van der Waals surface area contributed by atoms with Gasteiger partial charge in [0.1, 0.15) is 12.7 Å². The molecule has 1 amide bonds. The largest absolute Gasteiger partial charge is 0.472 e. The summed E-state index contributed by atoms with van der Waals surface area (Å²) in [6.07, 6.45) is 67.1. The Morgan fingerprint density at radius 3 is 1.28 bits per heavy atom. The van der Waals surface area contributed by atoms with Gasteiger partial charge < -0.3 is 20.1 Å². The summed E-state index contributed by atoms with van der Waals surface area (Å²) in [5.41, 5.74) is 0. The number of nitrogens with one attached hydrogen (secondary N) is 1. The number of aliphatic hydroxyl groups is 1. The van der Waals surface area contributed by atoms with E-state index in [9.17, 15) is 24.2 Å². The average molecular weight is 960 g/mol. The first-order valence-electron chi connectivity index (χ1n) is 27.4. The summed E-state index contributed by atoms with van der Waals surface area (Å²) in [5.74, 6) is -0.537. The van der Waals surface area contributed by atoms with Crippen molar-refractivity contribution in [2.45, 2.75) is 251 Å². The molecule has 2 atom stereocenters. The molecule has 0 fully saturated rings. The first-order valence-corrected chi connectivity index (χ1v) is 28.9. The van der Waals surface area contributed by atoms with Gasteiger partial charge in [0.05, 0.1) is 13.2 Å². The van der Waals surface area contributed by atoms with Gasteiger partial charge in [-0.1, -0.05) is 241 Å². The predicted molar refractivity (Wildman–Crippen MR) is 284 cm³/mol. The monoisotopic (exact) mass is 960 g/mol. The zero-order chi connectivity index (χ0) is 48.8. The number of hydrogen-bond donors (Lipinski definition) is 3. The maximum atomic E-state index is 12.2. The van der Waals surface area contributed by atoms with E-state index >= 15 is 0 Å². The fraction of sp³-hybridized carbons (Fsp3) is 0.754. The molecule has 0 aromatic heterocycles. The lowest BCUT2D eigenvalue weighted by Crippen LogP contribution is -2.27. The number of hydrogen-bond acceptors (Lipinski definition) is 7. The van der Waals surface area contributed by atoms with Crippen LogP contribution in [0.25, 0.3) is 0 Å². The van der Waals surface area contributed by atoms with Crippen molar-refractivity contribution in [1.82, 2.24) is 5.32 Å². The van der Waals surface area contributed by atoms with Gasteiger partial charge in [-0.3, -0.25) is 18.6 Å². The molecular weight excluding hydrogens is 858 g/mol. The van der Waals surface area contributed by atoms with Crippen LogP contribution in [0.3, 0.4) is 0 Å². The Morgan fingerprint density at radius 1 is 0.478 bits per heavy atom. The number of esters is 1. The Labute approximate surface area is 411 Å². The van der Waals surface area contributed by atoms with E-state index in [4.69, 9.17) is 13.8 Å². The van der Waals surface area contributed by atoms with Crippen LogP contribution in [0.2, 0.25) is 0 Å². The Morgan fingerprint density at radius 2 is 0.851 bits per heavy atom. The summed E-state index contributed by atoms with van der Waals surface area (Å²) < 4.78 is 27.0.